The summed E-state index contributed by atoms with van der Waals surface area (Å²) in [5.74, 6) is 0.0608. The number of rotatable bonds is 6. The van der Waals surface area contributed by atoms with Crippen molar-refractivity contribution in [2.24, 2.45) is 0 Å². The minimum Gasteiger partial charge on any atom is -0.398 e. The SMILES string of the molecule is Nc1cccc(C(=O)c2ccccc2)c1C(=O)CCCCl. The third kappa shape index (κ3) is 3.50. The van der Waals surface area contributed by atoms with E-state index in [1.807, 2.05) is 6.07 Å². The zero-order chi connectivity index (χ0) is 15.2. The number of nitrogens with two attached hydrogens (primary N) is 1. The lowest BCUT2D eigenvalue weighted by atomic mass is 9.93. The van der Waals surface area contributed by atoms with E-state index in [2.05, 4.69) is 0 Å². The molecular formula is C17H16ClNO2. The zero-order valence-electron chi connectivity index (χ0n) is 11.5. The van der Waals surface area contributed by atoms with E-state index < -0.39 is 0 Å². The van der Waals surface area contributed by atoms with Crippen LogP contribution in [0, 0.1) is 0 Å². The Labute approximate surface area is 128 Å². The normalized spacial score (nSPS) is 10.3. The molecular weight excluding hydrogens is 286 g/mol. The number of alkyl halides is 1. The molecule has 2 N–H and O–H groups in total. The Morgan fingerprint density at radius 3 is 2.38 bits per heavy atom. The molecule has 0 aromatic heterocycles. The molecule has 0 bridgehead atoms. The van der Waals surface area contributed by atoms with Gasteiger partial charge in [-0.25, -0.2) is 0 Å². The molecule has 3 nitrogen and oxygen atoms in total. The molecule has 0 saturated carbocycles. The fourth-order valence-corrected chi connectivity index (χ4v) is 2.30. The van der Waals surface area contributed by atoms with Crippen LogP contribution in [-0.4, -0.2) is 17.4 Å². The lowest BCUT2D eigenvalue weighted by Crippen LogP contribution is -2.13. The maximum absolute atomic E-state index is 12.6. The summed E-state index contributed by atoms with van der Waals surface area (Å²) in [6.07, 6.45) is 0.848. The maximum Gasteiger partial charge on any atom is 0.193 e. The summed E-state index contributed by atoms with van der Waals surface area (Å²) in [6.45, 7) is 0. The molecule has 0 atom stereocenters. The average molecular weight is 302 g/mol. The van der Waals surface area contributed by atoms with Crippen molar-refractivity contribution in [2.45, 2.75) is 12.8 Å². The van der Waals surface area contributed by atoms with Gasteiger partial charge in [-0.3, -0.25) is 9.59 Å². The van der Waals surface area contributed by atoms with Crippen molar-refractivity contribution in [3.8, 4) is 0 Å². The molecule has 4 heteroatoms. The molecule has 2 aromatic carbocycles. The van der Waals surface area contributed by atoms with Crippen molar-refractivity contribution in [3.63, 3.8) is 0 Å². The van der Waals surface area contributed by atoms with Crippen molar-refractivity contribution in [1.29, 1.82) is 0 Å². The molecule has 2 rings (SSSR count). The van der Waals surface area contributed by atoms with Crippen LogP contribution in [0.4, 0.5) is 5.69 Å². The van der Waals surface area contributed by atoms with Crippen LogP contribution in [0.2, 0.25) is 0 Å². The highest BCUT2D eigenvalue weighted by Crippen LogP contribution is 2.22. The predicted molar refractivity (Wildman–Crippen MR) is 85.0 cm³/mol. The molecule has 0 spiro atoms. The summed E-state index contributed by atoms with van der Waals surface area (Å²) in [7, 11) is 0. The molecule has 0 amide bonds. The van der Waals surface area contributed by atoms with Crippen LogP contribution in [0.15, 0.2) is 48.5 Å². The zero-order valence-corrected chi connectivity index (χ0v) is 12.3. The summed E-state index contributed by atoms with van der Waals surface area (Å²) in [6, 6.07) is 13.8. The first kappa shape index (κ1) is 15.3. The predicted octanol–water partition coefficient (Wildman–Crippen LogP) is 3.70. The molecule has 21 heavy (non-hydrogen) atoms. The highest BCUT2D eigenvalue weighted by atomic mass is 35.5. The number of hydrogen-bond acceptors (Lipinski definition) is 3. The summed E-state index contributed by atoms with van der Waals surface area (Å²) < 4.78 is 0. The summed E-state index contributed by atoms with van der Waals surface area (Å²) in [5.41, 5.74) is 7.42. The van der Waals surface area contributed by atoms with Crippen LogP contribution in [0.5, 0.6) is 0 Å². The minimum absolute atomic E-state index is 0.145. The monoisotopic (exact) mass is 301 g/mol. The van der Waals surface area contributed by atoms with E-state index in [0.29, 0.717) is 34.7 Å². The van der Waals surface area contributed by atoms with Crippen molar-refractivity contribution in [1.82, 2.24) is 0 Å². The Kier molecular flexibility index (Phi) is 5.12. The van der Waals surface area contributed by atoms with E-state index in [-0.39, 0.29) is 18.0 Å². The second-order valence-electron chi connectivity index (χ2n) is 4.68. The van der Waals surface area contributed by atoms with Gasteiger partial charge in [0.25, 0.3) is 0 Å². The van der Waals surface area contributed by atoms with Gasteiger partial charge in [0.2, 0.25) is 0 Å². The summed E-state index contributed by atoms with van der Waals surface area (Å²) >= 11 is 5.62. The van der Waals surface area contributed by atoms with Gasteiger partial charge in [-0.15, -0.1) is 11.6 Å². The molecule has 0 aliphatic rings. The van der Waals surface area contributed by atoms with Crippen LogP contribution in [0.25, 0.3) is 0 Å². The van der Waals surface area contributed by atoms with E-state index in [1.165, 1.54) is 0 Å². The number of benzene rings is 2. The van der Waals surface area contributed by atoms with Gasteiger partial charge in [-0.1, -0.05) is 42.5 Å². The standard InChI is InChI=1S/C17H16ClNO2/c18-11-5-10-15(20)16-13(8-4-9-14(16)19)17(21)12-6-2-1-3-7-12/h1-4,6-9H,5,10-11,19H2. The number of carbonyl (C=O) groups is 2. The van der Waals surface area contributed by atoms with Gasteiger partial charge in [0, 0.05) is 29.1 Å². The first-order valence-electron chi connectivity index (χ1n) is 6.72. The molecule has 0 saturated heterocycles. The Hall–Kier alpha value is -2.13. The summed E-state index contributed by atoms with van der Waals surface area (Å²) in [4.78, 5) is 24.9. The van der Waals surface area contributed by atoms with Gasteiger partial charge < -0.3 is 5.73 Å². The Morgan fingerprint density at radius 1 is 1.00 bits per heavy atom. The maximum atomic E-state index is 12.6. The van der Waals surface area contributed by atoms with Crippen LogP contribution >= 0.6 is 11.6 Å². The van der Waals surface area contributed by atoms with Crippen LogP contribution < -0.4 is 5.73 Å². The van der Waals surface area contributed by atoms with E-state index in [0.717, 1.165) is 0 Å². The number of carbonyl (C=O) groups excluding carboxylic acids is 2. The first-order valence-corrected chi connectivity index (χ1v) is 7.26. The first-order chi connectivity index (χ1) is 10.1. The van der Waals surface area contributed by atoms with Crippen LogP contribution in [0.3, 0.4) is 0 Å². The topological polar surface area (TPSA) is 60.2 Å². The molecule has 0 aliphatic heterocycles. The van der Waals surface area contributed by atoms with Crippen LogP contribution in [0.1, 0.15) is 39.1 Å². The number of halogens is 1. The summed E-state index contributed by atoms with van der Waals surface area (Å²) in [5, 5.41) is 0. The number of ketones is 2. The second kappa shape index (κ2) is 7.04. The fraction of sp³-hybridized carbons (Fsp3) is 0.176. The highest BCUT2D eigenvalue weighted by molar-refractivity contribution is 6.19. The Balaban J connectivity index is 2.42. The van der Waals surface area contributed by atoms with Gasteiger partial charge >= 0.3 is 0 Å². The lowest BCUT2D eigenvalue weighted by Gasteiger charge is -2.10. The minimum atomic E-state index is -0.197. The number of hydrogen-bond donors (Lipinski definition) is 1. The third-order valence-electron chi connectivity index (χ3n) is 3.19. The van der Waals surface area contributed by atoms with Crippen molar-refractivity contribution in [3.05, 3.63) is 65.2 Å². The fourth-order valence-electron chi connectivity index (χ4n) is 2.17. The molecule has 108 valence electrons. The molecule has 0 radical (unpaired) electrons. The van der Waals surface area contributed by atoms with E-state index >= 15 is 0 Å². The molecule has 0 aliphatic carbocycles. The Bertz CT molecular complexity index is 653. The van der Waals surface area contributed by atoms with Gasteiger partial charge in [-0.05, 0) is 12.5 Å². The molecule has 0 unspecified atom stereocenters. The van der Waals surface area contributed by atoms with Gasteiger partial charge in [0.15, 0.2) is 11.6 Å². The van der Waals surface area contributed by atoms with Gasteiger partial charge in [-0.2, -0.15) is 0 Å². The van der Waals surface area contributed by atoms with Gasteiger partial charge in [0.05, 0.1) is 5.56 Å². The van der Waals surface area contributed by atoms with Crippen LogP contribution in [-0.2, 0) is 0 Å². The molecule has 2 aromatic rings. The van der Waals surface area contributed by atoms with E-state index in [9.17, 15) is 9.59 Å². The molecule has 0 heterocycles. The van der Waals surface area contributed by atoms with Crippen molar-refractivity contribution in [2.75, 3.05) is 11.6 Å². The number of anilines is 1. The average Bonchev–Trinajstić information content (AvgIpc) is 2.52. The largest absolute Gasteiger partial charge is 0.398 e. The number of nitrogen functional groups attached to an aromatic ring is 1. The van der Waals surface area contributed by atoms with E-state index in [4.69, 9.17) is 17.3 Å². The van der Waals surface area contributed by atoms with Gasteiger partial charge in [0.1, 0.15) is 0 Å². The highest BCUT2D eigenvalue weighted by Gasteiger charge is 2.20. The molecule has 0 fully saturated rings. The van der Waals surface area contributed by atoms with E-state index in [1.54, 1.807) is 42.5 Å². The smallest absolute Gasteiger partial charge is 0.193 e. The second-order valence-corrected chi connectivity index (χ2v) is 5.06. The third-order valence-corrected chi connectivity index (χ3v) is 3.46. The number of Topliss-reactive ketones (excluding diaryl/α,β-unsaturated/α-hetero) is 1. The quantitative estimate of drug-likeness (QED) is 0.503. The lowest BCUT2D eigenvalue weighted by molar-refractivity contribution is 0.0967. The Morgan fingerprint density at radius 2 is 1.71 bits per heavy atom. The van der Waals surface area contributed by atoms with Crippen molar-refractivity contribution < 1.29 is 9.59 Å². The van der Waals surface area contributed by atoms with Crippen molar-refractivity contribution >= 4 is 28.9 Å².